The van der Waals surface area contributed by atoms with Gasteiger partial charge in [-0.3, -0.25) is 0 Å². The third kappa shape index (κ3) is 3.39. The molecule has 4 heteroatoms. The number of carboxylic acid groups (broad SMARTS) is 1. The second-order valence-electron chi connectivity index (χ2n) is 4.78. The number of hydrogen-bond donors (Lipinski definition) is 2. The highest BCUT2D eigenvalue weighted by molar-refractivity contribution is 9.10. The van der Waals surface area contributed by atoms with Gasteiger partial charge in [0, 0.05) is 10.2 Å². The monoisotopic (exact) mass is 333 g/mol. The van der Waals surface area contributed by atoms with Gasteiger partial charge in [0.15, 0.2) is 6.04 Å². The van der Waals surface area contributed by atoms with Crippen LogP contribution in [-0.4, -0.2) is 11.1 Å². The Bertz CT molecular complexity index is 623. The van der Waals surface area contributed by atoms with Crippen LogP contribution in [0.5, 0.6) is 0 Å². The Hall–Kier alpha value is -1.81. The number of aryl methyl sites for hydroxylation is 2. The van der Waals surface area contributed by atoms with Crippen LogP contribution >= 0.6 is 15.9 Å². The molecule has 0 saturated carbocycles. The van der Waals surface area contributed by atoms with Gasteiger partial charge in [0.25, 0.3) is 0 Å². The molecule has 0 aliphatic heterocycles. The Morgan fingerprint density at radius 1 is 1.15 bits per heavy atom. The number of aliphatic carboxylic acids is 1. The molecule has 2 N–H and O–H groups in total. The zero-order valence-electron chi connectivity index (χ0n) is 11.4. The first kappa shape index (κ1) is 14.6. The lowest BCUT2D eigenvalue weighted by Crippen LogP contribution is -2.21. The molecule has 0 radical (unpaired) electrons. The highest BCUT2D eigenvalue weighted by Gasteiger charge is 2.21. The van der Waals surface area contributed by atoms with E-state index in [1.165, 1.54) is 0 Å². The molecule has 0 aliphatic carbocycles. The second-order valence-corrected chi connectivity index (χ2v) is 5.70. The van der Waals surface area contributed by atoms with Crippen molar-refractivity contribution < 1.29 is 9.90 Å². The van der Waals surface area contributed by atoms with Crippen LogP contribution in [0.25, 0.3) is 0 Å². The summed E-state index contributed by atoms with van der Waals surface area (Å²) in [6, 6.07) is 12.6. The van der Waals surface area contributed by atoms with Gasteiger partial charge in [-0.1, -0.05) is 39.7 Å². The van der Waals surface area contributed by atoms with Crippen molar-refractivity contribution in [2.24, 2.45) is 0 Å². The van der Waals surface area contributed by atoms with Gasteiger partial charge in [0.05, 0.1) is 0 Å². The Balaban J connectivity index is 2.34. The SMILES string of the molecule is Cc1ccc(C)c(C(Nc2ccc(Br)cc2)C(=O)O)c1. The second kappa shape index (κ2) is 6.09. The Labute approximate surface area is 126 Å². The minimum atomic E-state index is -0.887. The van der Waals surface area contributed by atoms with Gasteiger partial charge in [-0.2, -0.15) is 0 Å². The topological polar surface area (TPSA) is 49.3 Å². The van der Waals surface area contributed by atoms with Gasteiger partial charge in [-0.05, 0) is 49.2 Å². The van der Waals surface area contributed by atoms with Crippen molar-refractivity contribution in [3.63, 3.8) is 0 Å². The lowest BCUT2D eigenvalue weighted by Gasteiger charge is -2.19. The molecule has 1 unspecified atom stereocenters. The number of nitrogens with one attached hydrogen (secondary N) is 1. The van der Waals surface area contributed by atoms with Gasteiger partial charge in [-0.25, -0.2) is 4.79 Å². The van der Waals surface area contributed by atoms with Gasteiger partial charge < -0.3 is 10.4 Å². The molecule has 0 bridgehead atoms. The van der Waals surface area contributed by atoms with E-state index in [0.29, 0.717) is 0 Å². The first-order valence-electron chi connectivity index (χ1n) is 6.29. The summed E-state index contributed by atoms with van der Waals surface area (Å²) in [7, 11) is 0. The number of halogens is 1. The normalized spacial score (nSPS) is 11.9. The molecule has 20 heavy (non-hydrogen) atoms. The van der Waals surface area contributed by atoms with E-state index in [0.717, 1.165) is 26.9 Å². The molecule has 1 atom stereocenters. The van der Waals surface area contributed by atoms with Crippen LogP contribution in [0.15, 0.2) is 46.9 Å². The molecule has 0 heterocycles. The molecule has 2 aromatic carbocycles. The molecule has 0 fully saturated rings. The summed E-state index contributed by atoms with van der Waals surface area (Å²) in [6.45, 7) is 3.88. The highest BCUT2D eigenvalue weighted by atomic mass is 79.9. The number of carbonyl (C=O) groups is 1. The van der Waals surface area contributed by atoms with E-state index in [-0.39, 0.29) is 0 Å². The van der Waals surface area contributed by atoms with E-state index in [4.69, 9.17) is 0 Å². The number of anilines is 1. The maximum absolute atomic E-state index is 11.6. The maximum atomic E-state index is 11.6. The first-order valence-corrected chi connectivity index (χ1v) is 7.09. The number of benzene rings is 2. The Morgan fingerprint density at radius 3 is 2.40 bits per heavy atom. The van der Waals surface area contributed by atoms with Crippen molar-refractivity contribution >= 4 is 27.6 Å². The largest absolute Gasteiger partial charge is 0.479 e. The average Bonchev–Trinajstić information content (AvgIpc) is 2.41. The predicted molar refractivity (Wildman–Crippen MR) is 84.1 cm³/mol. The van der Waals surface area contributed by atoms with Gasteiger partial charge in [-0.15, -0.1) is 0 Å². The van der Waals surface area contributed by atoms with Gasteiger partial charge in [0.1, 0.15) is 0 Å². The molecule has 0 amide bonds. The molecule has 0 aromatic heterocycles. The van der Waals surface area contributed by atoms with E-state index in [1.807, 2.05) is 56.3 Å². The molecule has 2 rings (SSSR count). The molecular formula is C16H16BrNO2. The standard InChI is InChI=1S/C16H16BrNO2/c1-10-3-4-11(2)14(9-10)15(16(19)20)18-13-7-5-12(17)6-8-13/h3-9,15,18H,1-2H3,(H,19,20). The third-order valence-corrected chi connectivity index (χ3v) is 3.68. The summed E-state index contributed by atoms with van der Waals surface area (Å²) < 4.78 is 0.960. The summed E-state index contributed by atoms with van der Waals surface area (Å²) >= 11 is 3.36. The molecular weight excluding hydrogens is 318 g/mol. The van der Waals surface area contributed by atoms with Crippen LogP contribution < -0.4 is 5.32 Å². The molecule has 0 saturated heterocycles. The van der Waals surface area contributed by atoms with Crippen molar-refractivity contribution in [3.8, 4) is 0 Å². The van der Waals surface area contributed by atoms with E-state index < -0.39 is 12.0 Å². The lowest BCUT2D eigenvalue weighted by atomic mass is 9.98. The fraction of sp³-hybridized carbons (Fsp3) is 0.188. The van der Waals surface area contributed by atoms with E-state index in [9.17, 15) is 9.90 Å². The van der Waals surface area contributed by atoms with Crippen LogP contribution in [0, 0.1) is 13.8 Å². The zero-order chi connectivity index (χ0) is 14.7. The number of hydrogen-bond acceptors (Lipinski definition) is 2. The summed E-state index contributed by atoms with van der Waals surface area (Å²) in [5, 5.41) is 12.6. The number of rotatable bonds is 4. The molecule has 104 valence electrons. The molecule has 0 aliphatic rings. The first-order chi connectivity index (χ1) is 9.47. The van der Waals surface area contributed by atoms with Crippen LogP contribution in [0.1, 0.15) is 22.7 Å². The predicted octanol–water partition coefficient (Wildman–Crippen LogP) is 4.30. The van der Waals surface area contributed by atoms with Crippen LogP contribution in [0.4, 0.5) is 5.69 Å². The summed E-state index contributed by atoms with van der Waals surface area (Å²) in [6.07, 6.45) is 0. The fourth-order valence-corrected chi connectivity index (χ4v) is 2.32. The Kier molecular flexibility index (Phi) is 4.45. The quantitative estimate of drug-likeness (QED) is 0.876. The zero-order valence-corrected chi connectivity index (χ0v) is 12.9. The van der Waals surface area contributed by atoms with Crippen molar-refractivity contribution in [2.45, 2.75) is 19.9 Å². The Morgan fingerprint density at radius 2 is 1.80 bits per heavy atom. The molecule has 2 aromatic rings. The van der Waals surface area contributed by atoms with E-state index >= 15 is 0 Å². The van der Waals surface area contributed by atoms with Crippen molar-refractivity contribution in [1.29, 1.82) is 0 Å². The minimum Gasteiger partial charge on any atom is -0.479 e. The minimum absolute atomic E-state index is 0.754. The summed E-state index contributed by atoms with van der Waals surface area (Å²) in [5.41, 5.74) is 3.59. The third-order valence-electron chi connectivity index (χ3n) is 3.15. The summed E-state index contributed by atoms with van der Waals surface area (Å²) in [4.78, 5) is 11.6. The van der Waals surface area contributed by atoms with Crippen LogP contribution in [0.3, 0.4) is 0 Å². The smallest absolute Gasteiger partial charge is 0.330 e. The maximum Gasteiger partial charge on any atom is 0.330 e. The summed E-state index contributed by atoms with van der Waals surface area (Å²) in [5.74, 6) is -0.887. The van der Waals surface area contributed by atoms with Crippen molar-refractivity contribution in [2.75, 3.05) is 5.32 Å². The lowest BCUT2D eigenvalue weighted by molar-refractivity contribution is -0.138. The van der Waals surface area contributed by atoms with Gasteiger partial charge >= 0.3 is 5.97 Å². The van der Waals surface area contributed by atoms with E-state index in [2.05, 4.69) is 21.2 Å². The highest BCUT2D eigenvalue weighted by Crippen LogP contribution is 2.25. The molecule has 3 nitrogen and oxygen atoms in total. The average molecular weight is 334 g/mol. The molecule has 0 spiro atoms. The fourth-order valence-electron chi connectivity index (χ4n) is 2.06. The van der Waals surface area contributed by atoms with Crippen molar-refractivity contribution in [1.82, 2.24) is 0 Å². The van der Waals surface area contributed by atoms with Gasteiger partial charge in [0.2, 0.25) is 0 Å². The van der Waals surface area contributed by atoms with Crippen molar-refractivity contribution in [3.05, 3.63) is 63.6 Å². The van der Waals surface area contributed by atoms with Crippen LogP contribution in [0.2, 0.25) is 0 Å². The van der Waals surface area contributed by atoms with E-state index in [1.54, 1.807) is 0 Å². The van der Waals surface area contributed by atoms with Crippen LogP contribution in [-0.2, 0) is 4.79 Å². The number of carboxylic acids is 1.